The Hall–Kier alpha value is -2.88. The van der Waals surface area contributed by atoms with Gasteiger partial charge in [0.2, 0.25) is 5.91 Å². The predicted octanol–water partition coefficient (Wildman–Crippen LogP) is 3.96. The fourth-order valence-electron chi connectivity index (χ4n) is 2.19. The maximum atomic E-state index is 13.1. The zero-order chi connectivity index (χ0) is 17.7. The molecule has 0 aliphatic carbocycles. The number of carbonyl (C=O) groups is 1. The molecule has 0 aliphatic heterocycles. The molecule has 0 aliphatic rings. The summed E-state index contributed by atoms with van der Waals surface area (Å²) >= 11 is 0. The minimum absolute atomic E-state index is 0.183. The second-order valence-corrected chi connectivity index (χ2v) is 5.01. The second kappa shape index (κ2) is 7.13. The summed E-state index contributed by atoms with van der Waals surface area (Å²) in [7, 11) is 0. The van der Waals surface area contributed by atoms with E-state index in [1.54, 1.807) is 6.07 Å². The molecule has 0 spiro atoms. The Bertz CT molecular complexity index is 763. The molecule has 2 aromatic carbocycles. The third kappa shape index (κ3) is 4.32. The van der Waals surface area contributed by atoms with Crippen molar-refractivity contribution in [2.75, 3.05) is 0 Å². The first-order valence-corrected chi connectivity index (χ1v) is 6.90. The number of nitrogens with one attached hydrogen (secondary N) is 1. The third-order valence-corrected chi connectivity index (χ3v) is 3.30. The molecule has 0 heterocycles. The Morgan fingerprint density at radius 3 is 2.38 bits per heavy atom. The van der Waals surface area contributed by atoms with Crippen LogP contribution in [0.25, 0.3) is 0 Å². The van der Waals surface area contributed by atoms with E-state index in [1.165, 1.54) is 24.3 Å². The van der Waals surface area contributed by atoms with Gasteiger partial charge in [0.25, 0.3) is 0 Å². The van der Waals surface area contributed by atoms with Gasteiger partial charge in [0.05, 0.1) is 17.7 Å². The third-order valence-electron chi connectivity index (χ3n) is 3.30. The van der Waals surface area contributed by atoms with Gasteiger partial charge in [0.1, 0.15) is 12.2 Å². The maximum Gasteiger partial charge on any atom is 0.416 e. The van der Waals surface area contributed by atoms with Gasteiger partial charge >= 0.3 is 6.18 Å². The largest absolute Gasteiger partial charge is 0.416 e. The molecule has 1 atom stereocenters. The quantitative estimate of drug-likeness (QED) is 0.859. The van der Waals surface area contributed by atoms with Gasteiger partial charge in [-0.15, -0.1) is 0 Å². The number of rotatable bonds is 4. The zero-order valence-corrected chi connectivity index (χ0v) is 12.3. The summed E-state index contributed by atoms with van der Waals surface area (Å²) in [6, 6.07) is 10.3. The van der Waals surface area contributed by atoms with E-state index in [-0.39, 0.29) is 5.56 Å². The van der Waals surface area contributed by atoms with Crippen molar-refractivity contribution in [2.24, 2.45) is 0 Å². The number of hydrogen-bond acceptors (Lipinski definition) is 2. The Balaban J connectivity index is 2.44. The molecule has 3 nitrogen and oxygen atoms in total. The first kappa shape index (κ1) is 17.5. The number of alkyl halides is 3. The van der Waals surface area contributed by atoms with Crippen molar-refractivity contribution in [3.8, 4) is 6.07 Å². The fraction of sp³-hybridized carbons (Fsp3) is 0.176. The van der Waals surface area contributed by atoms with E-state index in [0.29, 0.717) is 5.56 Å². The normalized spacial score (nSPS) is 12.3. The molecule has 2 rings (SSSR count). The first-order valence-electron chi connectivity index (χ1n) is 6.90. The average molecular weight is 336 g/mol. The molecule has 0 saturated heterocycles. The van der Waals surface area contributed by atoms with E-state index in [4.69, 9.17) is 5.26 Å². The van der Waals surface area contributed by atoms with E-state index in [1.807, 2.05) is 0 Å². The van der Waals surface area contributed by atoms with Crippen molar-refractivity contribution in [3.63, 3.8) is 0 Å². The highest BCUT2D eigenvalue weighted by molar-refractivity contribution is 5.79. The molecular formula is C17H12F4N2O. The van der Waals surface area contributed by atoms with Crippen molar-refractivity contribution >= 4 is 5.91 Å². The highest BCUT2D eigenvalue weighted by Gasteiger charge is 2.31. The topological polar surface area (TPSA) is 52.9 Å². The molecule has 0 radical (unpaired) electrons. The van der Waals surface area contributed by atoms with Crippen LogP contribution in [0.5, 0.6) is 0 Å². The maximum absolute atomic E-state index is 13.1. The lowest BCUT2D eigenvalue weighted by atomic mass is 9.96. The molecule has 0 aromatic heterocycles. The Morgan fingerprint density at radius 1 is 1.12 bits per heavy atom. The van der Waals surface area contributed by atoms with Crippen LogP contribution >= 0.6 is 0 Å². The van der Waals surface area contributed by atoms with Crippen LogP contribution in [0.2, 0.25) is 0 Å². The van der Waals surface area contributed by atoms with E-state index < -0.39 is 35.9 Å². The Morgan fingerprint density at radius 2 is 1.79 bits per heavy atom. The summed E-state index contributed by atoms with van der Waals surface area (Å²) in [6.45, 7) is 0. The van der Waals surface area contributed by atoms with Crippen molar-refractivity contribution in [1.82, 2.24) is 5.32 Å². The van der Waals surface area contributed by atoms with Gasteiger partial charge in [-0.3, -0.25) is 4.79 Å². The average Bonchev–Trinajstić information content (AvgIpc) is 2.53. The summed E-state index contributed by atoms with van der Waals surface area (Å²) in [4.78, 5) is 11.7. The zero-order valence-electron chi connectivity index (χ0n) is 12.3. The standard InChI is InChI=1S/C17H12F4N2O/c18-14-6-4-11(5-7-14)16(23-15(24)8-9-22)12-2-1-3-13(10-12)17(19,20)21/h1-7,10,16H,8H2,(H,23,24). The Labute approximate surface area is 135 Å². The fourth-order valence-corrected chi connectivity index (χ4v) is 2.19. The lowest BCUT2D eigenvalue weighted by Crippen LogP contribution is -2.29. The monoisotopic (exact) mass is 336 g/mol. The van der Waals surface area contributed by atoms with Crippen LogP contribution in [-0.4, -0.2) is 5.91 Å². The minimum atomic E-state index is -4.53. The van der Waals surface area contributed by atoms with Crippen LogP contribution in [0.4, 0.5) is 17.6 Å². The number of halogens is 4. The number of nitriles is 1. The molecule has 0 fully saturated rings. The molecule has 0 saturated carbocycles. The van der Waals surface area contributed by atoms with E-state index in [9.17, 15) is 22.4 Å². The van der Waals surface area contributed by atoms with Gasteiger partial charge < -0.3 is 5.32 Å². The van der Waals surface area contributed by atoms with Crippen molar-refractivity contribution in [3.05, 3.63) is 71.0 Å². The summed E-state index contributed by atoms with van der Waals surface area (Å²) < 4.78 is 51.7. The van der Waals surface area contributed by atoms with Gasteiger partial charge in [-0.1, -0.05) is 24.3 Å². The van der Waals surface area contributed by atoms with Gasteiger partial charge in [-0.25, -0.2) is 4.39 Å². The lowest BCUT2D eigenvalue weighted by molar-refractivity contribution is -0.137. The summed E-state index contributed by atoms with van der Waals surface area (Å²) in [6.07, 6.45) is -4.96. The molecule has 0 bridgehead atoms. The summed E-state index contributed by atoms with van der Waals surface area (Å²) in [5, 5.41) is 11.1. The molecule has 124 valence electrons. The van der Waals surface area contributed by atoms with E-state index >= 15 is 0 Å². The molecule has 1 amide bonds. The number of nitrogens with zero attached hydrogens (tertiary/aromatic N) is 1. The van der Waals surface area contributed by atoms with E-state index in [0.717, 1.165) is 24.3 Å². The molecule has 1 unspecified atom stereocenters. The highest BCUT2D eigenvalue weighted by atomic mass is 19.4. The summed E-state index contributed by atoms with van der Waals surface area (Å²) in [5.74, 6) is -1.14. The van der Waals surface area contributed by atoms with Crippen LogP contribution < -0.4 is 5.32 Å². The van der Waals surface area contributed by atoms with Crippen LogP contribution in [-0.2, 0) is 11.0 Å². The summed E-state index contributed by atoms with van der Waals surface area (Å²) in [5.41, 5.74) is -0.272. The smallest absolute Gasteiger partial charge is 0.344 e. The van der Waals surface area contributed by atoms with Crippen LogP contribution in [0.3, 0.4) is 0 Å². The van der Waals surface area contributed by atoms with Gasteiger partial charge in [0.15, 0.2) is 0 Å². The molecule has 7 heteroatoms. The number of benzene rings is 2. The lowest BCUT2D eigenvalue weighted by Gasteiger charge is -2.20. The van der Waals surface area contributed by atoms with Crippen molar-refractivity contribution in [2.45, 2.75) is 18.6 Å². The van der Waals surface area contributed by atoms with Crippen LogP contribution in [0.15, 0.2) is 48.5 Å². The van der Waals surface area contributed by atoms with Gasteiger partial charge in [0, 0.05) is 0 Å². The minimum Gasteiger partial charge on any atom is -0.344 e. The van der Waals surface area contributed by atoms with Crippen LogP contribution in [0, 0.1) is 17.1 Å². The molecular weight excluding hydrogens is 324 g/mol. The second-order valence-electron chi connectivity index (χ2n) is 5.01. The molecule has 2 aromatic rings. The first-order chi connectivity index (χ1) is 11.3. The van der Waals surface area contributed by atoms with Crippen LogP contribution in [0.1, 0.15) is 29.2 Å². The predicted molar refractivity (Wildman–Crippen MR) is 78.1 cm³/mol. The molecule has 24 heavy (non-hydrogen) atoms. The number of amides is 1. The van der Waals surface area contributed by atoms with Crippen molar-refractivity contribution < 1.29 is 22.4 Å². The van der Waals surface area contributed by atoms with Gasteiger partial charge in [-0.2, -0.15) is 18.4 Å². The number of carbonyl (C=O) groups excluding carboxylic acids is 1. The van der Waals surface area contributed by atoms with Crippen molar-refractivity contribution in [1.29, 1.82) is 5.26 Å². The SMILES string of the molecule is N#CCC(=O)NC(c1ccc(F)cc1)c1cccc(C(F)(F)F)c1. The van der Waals surface area contributed by atoms with E-state index in [2.05, 4.69) is 5.32 Å². The highest BCUT2D eigenvalue weighted by Crippen LogP contribution is 2.32. The Kier molecular flexibility index (Phi) is 5.19. The number of hydrogen-bond donors (Lipinski definition) is 1. The molecule has 1 N–H and O–H groups in total. The van der Waals surface area contributed by atoms with Gasteiger partial charge in [-0.05, 0) is 35.4 Å².